The molecule has 1 aromatic rings. The highest BCUT2D eigenvalue weighted by molar-refractivity contribution is 6.32. The fraction of sp³-hybridized carbons (Fsp3) is 0.429. The van der Waals surface area contributed by atoms with Gasteiger partial charge in [-0.1, -0.05) is 11.6 Å². The Morgan fingerprint density at radius 2 is 2.42 bits per heavy atom. The molecule has 0 bridgehead atoms. The van der Waals surface area contributed by atoms with Crippen LogP contribution in [0.25, 0.3) is 0 Å². The molecule has 1 aromatic heterocycles. The van der Waals surface area contributed by atoms with Crippen LogP contribution in [0.3, 0.4) is 0 Å². The van der Waals surface area contributed by atoms with Crippen LogP contribution in [0.2, 0.25) is 5.15 Å². The van der Waals surface area contributed by atoms with Crippen LogP contribution < -0.4 is 0 Å². The second-order valence-corrected chi connectivity index (χ2v) is 3.09. The minimum Gasteiger partial charge on any atom is -0.476 e. The quantitative estimate of drug-likeness (QED) is 0.717. The average molecular weight is 187 g/mol. The van der Waals surface area contributed by atoms with E-state index in [1.54, 1.807) is 4.57 Å². The van der Waals surface area contributed by atoms with Crippen molar-refractivity contribution in [1.82, 2.24) is 9.55 Å². The molecule has 2 heterocycles. The maximum absolute atomic E-state index is 10.7. The summed E-state index contributed by atoms with van der Waals surface area (Å²) in [6.45, 7) is 0.719. The number of aryl methyl sites for hydroxylation is 1. The van der Waals surface area contributed by atoms with Crippen molar-refractivity contribution in [2.45, 2.75) is 19.4 Å². The topological polar surface area (TPSA) is 55.1 Å². The first kappa shape index (κ1) is 7.61. The smallest absolute Gasteiger partial charge is 0.355 e. The van der Waals surface area contributed by atoms with Crippen molar-refractivity contribution in [3.05, 3.63) is 16.7 Å². The molecule has 0 saturated carbocycles. The molecule has 1 aliphatic rings. The Morgan fingerprint density at radius 1 is 1.67 bits per heavy atom. The molecule has 0 aliphatic carbocycles. The first-order valence-corrected chi connectivity index (χ1v) is 4.06. The van der Waals surface area contributed by atoms with Crippen molar-refractivity contribution in [2.24, 2.45) is 0 Å². The first-order valence-electron chi connectivity index (χ1n) is 3.68. The van der Waals surface area contributed by atoms with Gasteiger partial charge in [0.15, 0.2) is 10.8 Å². The molecule has 0 unspecified atom stereocenters. The molecular formula is C7H7ClN2O2. The van der Waals surface area contributed by atoms with Gasteiger partial charge < -0.3 is 9.67 Å². The van der Waals surface area contributed by atoms with E-state index in [0.717, 1.165) is 25.2 Å². The molecule has 64 valence electrons. The van der Waals surface area contributed by atoms with Gasteiger partial charge in [0.05, 0.1) is 0 Å². The number of carboxylic acids is 1. The molecule has 0 saturated heterocycles. The van der Waals surface area contributed by atoms with Gasteiger partial charge >= 0.3 is 5.97 Å². The van der Waals surface area contributed by atoms with Crippen LogP contribution in [0.15, 0.2) is 0 Å². The van der Waals surface area contributed by atoms with Gasteiger partial charge in [-0.05, 0) is 6.42 Å². The van der Waals surface area contributed by atoms with Crippen LogP contribution in [0.1, 0.15) is 22.7 Å². The Bertz CT molecular complexity index is 345. The largest absolute Gasteiger partial charge is 0.476 e. The number of carboxylic acid groups (broad SMARTS) is 1. The first-order chi connectivity index (χ1) is 5.70. The number of aromatic carboxylic acids is 1. The number of aromatic nitrogens is 2. The Kier molecular flexibility index (Phi) is 1.58. The molecule has 1 N–H and O–H groups in total. The van der Waals surface area contributed by atoms with Gasteiger partial charge in [-0.3, -0.25) is 0 Å². The SMILES string of the molecule is O=C(O)c1c(Cl)nc2n1CCC2. The van der Waals surface area contributed by atoms with Crippen LogP contribution in [0.5, 0.6) is 0 Å². The predicted octanol–water partition coefficient (Wildman–Crippen LogP) is 1.18. The number of hydrogen-bond donors (Lipinski definition) is 1. The predicted molar refractivity (Wildman–Crippen MR) is 42.5 cm³/mol. The number of carbonyl (C=O) groups is 1. The van der Waals surface area contributed by atoms with E-state index in [0.29, 0.717) is 0 Å². The summed E-state index contributed by atoms with van der Waals surface area (Å²) in [6.07, 6.45) is 1.78. The van der Waals surface area contributed by atoms with Gasteiger partial charge in [0, 0.05) is 13.0 Å². The third kappa shape index (κ3) is 0.914. The number of fused-ring (bicyclic) bond motifs is 1. The molecule has 5 heteroatoms. The van der Waals surface area contributed by atoms with Crippen LogP contribution in [-0.2, 0) is 13.0 Å². The summed E-state index contributed by atoms with van der Waals surface area (Å²) in [5.74, 6) is -0.210. The number of hydrogen-bond acceptors (Lipinski definition) is 2. The minimum atomic E-state index is -0.999. The van der Waals surface area contributed by atoms with Crippen molar-refractivity contribution in [2.75, 3.05) is 0 Å². The lowest BCUT2D eigenvalue weighted by Gasteiger charge is -1.98. The van der Waals surface area contributed by atoms with E-state index in [4.69, 9.17) is 16.7 Å². The summed E-state index contributed by atoms with van der Waals surface area (Å²) < 4.78 is 1.67. The highest BCUT2D eigenvalue weighted by atomic mass is 35.5. The van der Waals surface area contributed by atoms with Crippen molar-refractivity contribution in [3.63, 3.8) is 0 Å². The van der Waals surface area contributed by atoms with E-state index >= 15 is 0 Å². The molecular weight excluding hydrogens is 180 g/mol. The molecule has 1 aliphatic heterocycles. The number of rotatable bonds is 1. The van der Waals surface area contributed by atoms with Gasteiger partial charge in [-0.2, -0.15) is 0 Å². The van der Waals surface area contributed by atoms with E-state index in [-0.39, 0.29) is 10.8 Å². The number of nitrogens with zero attached hydrogens (tertiary/aromatic N) is 2. The van der Waals surface area contributed by atoms with E-state index in [1.807, 2.05) is 0 Å². The molecule has 0 fully saturated rings. The van der Waals surface area contributed by atoms with Crippen molar-refractivity contribution in [1.29, 1.82) is 0 Å². The zero-order chi connectivity index (χ0) is 8.72. The Balaban J connectivity index is 2.59. The van der Waals surface area contributed by atoms with Gasteiger partial charge in [0.1, 0.15) is 5.82 Å². The van der Waals surface area contributed by atoms with Gasteiger partial charge in [0.25, 0.3) is 0 Å². The Hall–Kier alpha value is -1.03. The molecule has 0 spiro atoms. The molecule has 0 radical (unpaired) electrons. The second-order valence-electron chi connectivity index (χ2n) is 2.73. The standard InChI is InChI=1S/C7H7ClN2O2/c8-6-5(7(11)12)10-3-1-2-4(10)9-6/h1-3H2,(H,11,12). The zero-order valence-electron chi connectivity index (χ0n) is 6.25. The van der Waals surface area contributed by atoms with Gasteiger partial charge in [0.2, 0.25) is 0 Å². The Labute approximate surface area is 73.8 Å². The molecule has 2 rings (SSSR count). The van der Waals surface area contributed by atoms with E-state index in [9.17, 15) is 4.79 Å². The molecule has 12 heavy (non-hydrogen) atoms. The summed E-state index contributed by atoms with van der Waals surface area (Å²) in [7, 11) is 0. The summed E-state index contributed by atoms with van der Waals surface area (Å²) in [6, 6.07) is 0. The van der Waals surface area contributed by atoms with Crippen LogP contribution in [0, 0.1) is 0 Å². The number of halogens is 1. The number of imidazole rings is 1. The molecule has 0 aromatic carbocycles. The zero-order valence-corrected chi connectivity index (χ0v) is 7.01. The van der Waals surface area contributed by atoms with E-state index in [1.165, 1.54) is 0 Å². The molecule has 4 nitrogen and oxygen atoms in total. The monoisotopic (exact) mass is 186 g/mol. The highest BCUT2D eigenvalue weighted by Crippen LogP contribution is 2.23. The van der Waals surface area contributed by atoms with Crippen molar-refractivity contribution in [3.8, 4) is 0 Å². The summed E-state index contributed by atoms with van der Waals surface area (Å²) in [4.78, 5) is 14.7. The normalized spacial score (nSPS) is 14.8. The summed E-state index contributed by atoms with van der Waals surface area (Å²) in [5, 5.41) is 8.88. The second kappa shape index (κ2) is 2.48. The van der Waals surface area contributed by atoms with E-state index in [2.05, 4.69) is 4.98 Å². The fourth-order valence-electron chi connectivity index (χ4n) is 1.50. The molecule has 0 atom stereocenters. The fourth-order valence-corrected chi connectivity index (χ4v) is 1.78. The maximum Gasteiger partial charge on any atom is 0.355 e. The Morgan fingerprint density at radius 3 is 3.08 bits per heavy atom. The molecule has 0 amide bonds. The summed E-state index contributed by atoms with van der Waals surface area (Å²) in [5.41, 5.74) is 0.129. The van der Waals surface area contributed by atoms with Crippen LogP contribution in [0.4, 0.5) is 0 Å². The third-order valence-electron chi connectivity index (χ3n) is 1.99. The van der Waals surface area contributed by atoms with Gasteiger partial charge in [-0.25, -0.2) is 9.78 Å². The highest BCUT2D eigenvalue weighted by Gasteiger charge is 2.24. The van der Waals surface area contributed by atoms with Crippen molar-refractivity contribution >= 4 is 17.6 Å². The van der Waals surface area contributed by atoms with Crippen LogP contribution in [-0.4, -0.2) is 20.6 Å². The maximum atomic E-state index is 10.7. The van der Waals surface area contributed by atoms with Crippen molar-refractivity contribution < 1.29 is 9.90 Å². The van der Waals surface area contributed by atoms with E-state index < -0.39 is 5.97 Å². The minimum absolute atomic E-state index is 0.109. The lowest BCUT2D eigenvalue weighted by molar-refractivity contribution is 0.0685. The van der Waals surface area contributed by atoms with Crippen LogP contribution >= 0.6 is 11.6 Å². The third-order valence-corrected chi connectivity index (χ3v) is 2.25. The van der Waals surface area contributed by atoms with Gasteiger partial charge in [-0.15, -0.1) is 0 Å². The lowest BCUT2D eigenvalue weighted by Crippen LogP contribution is -2.06. The average Bonchev–Trinajstić information content (AvgIpc) is 2.44. The lowest BCUT2D eigenvalue weighted by atomic mass is 10.4. The summed E-state index contributed by atoms with van der Waals surface area (Å²) >= 11 is 5.65.